The first-order valence-electron chi connectivity index (χ1n) is 19.5. The molecular weight excluding hydrogens is 750 g/mol. The van der Waals surface area contributed by atoms with Crippen molar-refractivity contribution in [1.82, 2.24) is 9.13 Å². The summed E-state index contributed by atoms with van der Waals surface area (Å²) in [4.78, 5) is 4.24. The van der Waals surface area contributed by atoms with E-state index in [0.717, 1.165) is 72.0 Å². The molecule has 0 spiro atoms. The molecular formula is C53H33F3N4. The fraction of sp³-hybridized carbons (Fsp3) is 0.0566. The summed E-state index contributed by atoms with van der Waals surface area (Å²) in [6, 6.07) is 53.8. The van der Waals surface area contributed by atoms with Crippen LogP contribution >= 0.6 is 0 Å². The highest BCUT2D eigenvalue weighted by molar-refractivity contribution is 6.14. The Bertz CT molecular complexity index is 3480. The molecule has 0 saturated heterocycles. The smallest absolute Gasteiger partial charge is 0.319 e. The van der Waals surface area contributed by atoms with Gasteiger partial charge in [0.15, 0.2) is 0 Å². The molecule has 0 fully saturated rings. The second-order valence-corrected chi connectivity index (χ2v) is 15.2. The van der Waals surface area contributed by atoms with E-state index < -0.39 is 11.7 Å². The van der Waals surface area contributed by atoms with Crippen molar-refractivity contribution in [1.29, 1.82) is 5.26 Å². The van der Waals surface area contributed by atoms with E-state index in [2.05, 4.69) is 66.4 Å². The van der Waals surface area contributed by atoms with Crippen molar-refractivity contribution in [2.45, 2.75) is 20.0 Å². The van der Waals surface area contributed by atoms with Crippen LogP contribution < -0.4 is 0 Å². The molecule has 0 unspecified atom stereocenters. The van der Waals surface area contributed by atoms with Gasteiger partial charge in [-0.15, -0.1) is 0 Å². The molecule has 0 aliphatic rings. The Balaban J connectivity index is 1.34. The number of hydrogen-bond acceptors (Lipinski definition) is 1. The molecule has 0 radical (unpaired) electrons. The quantitative estimate of drug-likeness (QED) is 0.160. The lowest BCUT2D eigenvalue weighted by atomic mass is 9.92. The second-order valence-electron chi connectivity index (χ2n) is 15.2. The van der Waals surface area contributed by atoms with Gasteiger partial charge >= 0.3 is 6.18 Å². The third kappa shape index (κ3) is 5.74. The number of benzene rings is 8. The number of hydrogen-bond donors (Lipinski definition) is 0. The SMILES string of the molecule is [C-]#[N+]c1c(-n2c3ccccc3c3cc(-c4cccc(C)c4)ccc32)ccc(-c2c(C#N)cccc2C(F)(F)F)c1-n1c2ccccc2c2cc(-c3cccc(C)c3)ccc21. The van der Waals surface area contributed by atoms with Crippen LogP contribution in [0.1, 0.15) is 22.3 Å². The lowest BCUT2D eigenvalue weighted by Crippen LogP contribution is -2.10. The zero-order chi connectivity index (χ0) is 41.3. The molecule has 2 aromatic heterocycles. The van der Waals surface area contributed by atoms with Crippen molar-refractivity contribution < 1.29 is 13.2 Å². The molecule has 60 heavy (non-hydrogen) atoms. The van der Waals surface area contributed by atoms with E-state index in [-0.39, 0.29) is 28.1 Å². The lowest BCUT2D eigenvalue weighted by molar-refractivity contribution is -0.137. The maximum atomic E-state index is 15.1. The van der Waals surface area contributed by atoms with Crippen LogP contribution in [0, 0.1) is 31.8 Å². The molecule has 4 nitrogen and oxygen atoms in total. The standard InChI is InChI=1S/C53H33F3N4/c1-32-11-8-13-34(27-32)36-21-24-47-42(29-36)39-16-4-6-19-45(39)59(47)49-26-23-41(50-38(31-57)15-10-18-44(50)53(54,55)56)52(51(49)58-3)60-46-20-7-5-17-40(46)43-30-37(22-25-48(43)60)35-14-9-12-33(2)28-35/h4-30H,1-2H3. The van der Waals surface area contributed by atoms with Gasteiger partial charge in [0.25, 0.3) is 0 Å². The van der Waals surface area contributed by atoms with Crippen LogP contribution in [0.25, 0.3) is 93.2 Å². The van der Waals surface area contributed by atoms with Crippen LogP contribution in [0.3, 0.4) is 0 Å². The Kier molecular flexibility index (Phi) is 8.45. The lowest BCUT2D eigenvalue weighted by Gasteiger charge is -2.22. The van der Waals surface area contributed by atoms with Crippen molar-refractivity contribution in [3.8, 4) is 50.8 Å². The summed E-state index contributed by atoms with van der Waals surface area (Å²) >= 11 is 0. The van der Waals surface area contributed by atoms with Crippen LogP contribution in [0.5, 0.6) is 0 Å². The highest BCUT2D eigenvalue weighted by Gasteiger charge is 2.36. The van der Waals surface area contributed by atoms with Gasteiger partial charge in [-0.1, -0.05) is 120 Å². The summed E-state index contributed by atoms with van der Waals surface area (Å²) < 4.78 is 49.2. The summed E-state index contributed by atoms with van der Waals surface area (Å²) in [6.07, 6.45) is -4.79. The molecule has 0 aliphatic heterocycles. The zero-order valence-electron chi connectivity index (χ0n) is 32.5. The van der Waals surface area contributed by atoms with E-state index in [9.17, 15) is 5.26 Å². The van der Waals surface area contributed by atoms with Crippen molar-refractivity contribution in [2.75, 3.05) is 0 Å². The molecule has 0 bridgehead atoms. The van der Waals surface area contributed by atoms with Gasteiger partial charge in [-0.25, -0.2) is 4.85 Å². The molecule has 2 heterocycles. The highest BCUT2D eigenvalue weighted by Crippen LogP contribution is 2.49. The van der Waals surface area contributed by atoms with E-state index in [0.29, 0.717) is 16.7 Å². The van der Waals surface area contributed by atoms with E-state index in [4.69, 9.17) is 6.57 Å². The van der Waals surface area contributed by atoms with Gasteiger partial charge in [-0.05, 0) is 96.3 Å². The van der Waals surface area contributed by atoms with Gasteiger partial charge in [-0.2, -0.15) is 18.4 Å². The third-order valence-electron chi connectivity index (χ3n) is 11.5. The van der Waals surface area contributed by atoms with Gasteiger partial charge in [0.1, 0.15) is 0 Å². The number of aryl methyl sites for hydroxylation is 2. The van der Waals surface area contributed by atoms with Crippen LogP contribution in [-0.2, 0) is 6.18 Å². The van der Waals surface area contributed by atoms with Crippen molar-refractivity contribution in [2.24, 2.45) is 0 Å². The Morgan fingerprint density at radius 3 is 1.60 bits per heavy atom. The molecule has 0 atom stereocenters. The molecule has 7 heteroatoms. The fourth-order valence-electron chi connectivity index (χ4n) is 8.91. The summed E-state index contributed by atoms with van der Waals surface area (Å²) in [5.74, 6) is 0. The van der Waals surface area contributed by atoms with Crippen LogP contribution in [0.4, 0.5) is 18.9 Å². The predicted molar refractivity (Wildman–Crippen MR) is 237 cm³/mol. The molecule has 0 amide bonds. The average Bonchev–Trinajstić information content (AvgIpc) is 3.77. The monoisotopic (exact) mass is 782 g/mol. The van der Waals surface area contributed by atoms with E-state index in [1.165, 1.54) is 12.1 Å². The second kappa shape index (κ2) is 13.9. The molecule has 10 aromatic rings. The molecule has 10 rings (SSSR count). The minimum Gasteiger partial charge on any atom is -0.319 e. The van der Waals surface area contributed by atoms with Gasteiger partial charge in [0.2, 0.25) is 5.69 Å². The maximum absolute atomic E-state index is 15.1. The first kappa shape index (κ1) is 36.5. The number of halogens is 3. The van der Waals surface area contributed by atoms with Crippen molar-refractivity contribution in [3.63, 3.8) is 0 Å². The number of rotatable bonds is 5. The van der Waals surface area contributed by atoms with E-state index in [1.54, 1.807) is 12.1 Å². The average molecular weight is 783 g/mol. The summed E-state index contributed by atoms with van der Waals surface area (Å²) in [6.45, 7) is 13.0. The Morgan fingerprint density at radius 2 is 1.05 bits per heavy atom. The van der Waals surface area contributed by atoms with Crippen molar-refractivity contribution >= 4 is 49.3 Å². The maximum Gasteiger partial charge on any atom is 0.417 e. The Hall–Kier alpha value is -7.87. The van der Waals surface area contributed by atoms with E-state index in [1.807, 2.05) is 101 Å². The van der Waals surface area contributed by atoms with E-state index >= 15 is 13.2 Å². The van der Waals surface area contributed by atoms with Crippen LogP contribution in [-0.4, -0.2) is 9.13 Å². The molecule has 0 aliphatic carbocycles. The number of fused-ring (bicyclic) bond motifs is 6. The van der Waals surface area contributed by atoms with Gasteiger partial charge in [0, 0.05) is 27.1 Å². The number of aromatic nitrogens is 2. The predicted octanol–water partition coefficient (Wildman–Crippen LogP) is 14.9. The van der Waals surface area contributed by atoms with Gasteiger partial charge in [-0.3, -0.25) is 0 Å². The van der Waals surface area contributed by atoms with Crippen molar-refractivity contribution in [3.05, 3.63) is 197 Å². The number of nitriles is 1. The fourth-order valence-corrected chi connectivity index (χ4v) is 8.91. The minimum absolute atomic E-state index is 0.127. The van der Waals surface area contributed by atoms with Crippen LogP contribution in [0.2, 0.25) is 0 Å². The Labute approximate surface area is 344 Å². The molecule has 286 valence electrons. The van der Waals surface area contributed by atoms with Gasteiger partial charge in [0.05, 0.1) is 57.2 Å². The summed E-state index contributed by atoms with van der Waals surface area (Å²) in [5, 5.41) is 14.1. The number of para-hydroxylation sites is 2. The topological polar surface area (TPSA) is 38.0 Å². The molecule has 0 N–H and O–H groups in total. The summed E-state index contributed by atoms with van der Waals surface area (Å²) in [5.41, 5.74) is 9.18. The van der Waals surface area contributed by atoms with Crippen LogP contribution in [0.15, 0.2) is 164 Å². The first-order valence-corrected chi connectivity index (χ1v) is 19.5. The minimum atomic E-state index is -4.79. The highest BCUT2D eigenvalue weighted by atomic mass is 19.4. The number of alkyl halides is 3. The van der Waals surface area contributed by atoms with Gasteiger partial charge < -0.3 is 9.13 Å². The normalized spacial score (nSPS) is 11.7. The molecule has 0 saturated carbocycles. The largest absolute Gasteiger partial charge is 0.417 e. The Morgan fingerprint density at radius 1 is 0.533 bits per heavy atom. The first-order chi connectivity index (χ1) is 29.1. The molecule has 8 aromatic carbocycles. The zero-order valence-corrected chi connectivity index (χ0v) is 32.5. The third-order valence-corrected chi connectivity index (χ3v) is 11.5. The summed E-state index contributed by atoms with van der Waals surface area (Å²) in [7, 11) is 0. The number of nitrogens with zero attached hydrogens (tertiary/aromatic N) is 4.